The molecule has 116 heavy (non-hydrogen) atoms. The average Bonchev–Trinajstić information content (AvgIpc) is 0.722. The third kappa shape index (κ3) is 12.3. The van der Waals surface area contributed by atoms with E-state index in [-0.39, 0.29) is 6.61 Å². The first-order valence-electron chi connectivity index (χ1n) is 40.9. The van der Waals surface area contributed by atoms with Crippen molar-refractivity contribution in [2.75, 3.05) is 14.2 Å². The summed E-state index contributed by atoms with van der Waals surface area (Å²) in [5.41, 5.74) is 34.5. The minimum atomic E-state index is -0.807. The smallest absolute Gasteiger partial charge is 0.178 e. The summed E-state index contributed by atoms with van der Waals surface area (Å²) < 4.78 is 33.5. The number of hydrogen-bond donors (Lipinski definition) is 1. The van der Waals surface area contributed by atoms with Crippen LogP contribution in [0.15, 0.2) is 279 Å². The van der Waals surface area contributed by atoms with E-state index in [9.17, 15) is 5.11 Å². The molecule has 0 bridgehead atoms. The molecule has 6 nitrogen and oxygen atoms in total. The standard InChI is InChI=1S/C37H32O3.C37H32O.C36H30O2/c1-23-9-13-26(14-10-23)37(27-15-11-24(2)34(21-27)39-4)20-19-31-33-22-28(38-3)16-18-30(33)35-29-8-6-5-7-25(29)12-17-32(35)36(31)40-37;1-23-9-14-28(15-10-23)37(29-16-12-25(3)26(4)22-29)20-19-32-34-21-24(2)11-17-31(34)35-30-8-6-5-7-27(30)13-18-33(35)36(32)38-37;1-23-7-13-27(14-8-23)36(28-15-9-24(2)10-16-28)20-19-32-30-5-3-4-6-31(30)34-29-17-11-25(22-37)21-26(29)12-18-33(34)35(32)38-36/h5-11,13-16,18-22H,12,17H2,1-4H3;5-12,14-17,19-22H,13,18H2,1-4H3;3-11,13-17,19-21,37H,12,18,22H2,1-2H3. The number of aryl methyl sites for hydroxylation is 11. The fourth-order valence-electron chi connectivity index (χ4n) is 19.1. The lowest BCUT2D eigenvalue weighted by atomic mass is 9.77. The highest BCUT2D eigenvalue weighted by Gasteiger charge is 2.44. The van der Waals surface area contributed by atoms with Crippen molar-refractivity contribution < 1.29 is 28.8 Å². The maximum Gasteiger partial charge on any atom is 0.178 e. The summed E-state index contributed by atoms with van der Waals surface area (Å²) in [7, 11) is 3.45. The van der Waals surface area contributed by atoms with Crippen LogP contribution in [-0.4, -0.2) is 19.3 Å². The summed E-state index contributed by atoms with van der Waals surface area (Å²) in [4.78, 5) is 0. The quantitative estimate of drug-likeness (QED) is 0.155. The summed E-state index contributed by atoms with van der Waals surface area (Å²) in [5, 5.41) is 17.2. The first-order valence-corrected chi connectivity index (χ1v) is 40.9. The lowest BCUT2D eigenvalue weighted by Crippen LogP contribution is -2.35. The second-order valence-electron chi connectivity index (χ2n) is 32.7. The van der Waals surface area contributed by atoms with E-state index in [1.807, 2.05) is 6.07 Å². The zero-order valence-corrected chi connectivity index (χ0v) is 67.7. The van der Waals surface area contributed by atoms with Crippen LogP contribution in [0.2, 0.25) is 0 Å². The molecule has 2 unspecified atom stereocenters. The molecule has 0 saturated heterocycles. The minimum absolute atomic E-state index is 0.0641. The Balaban J connectivity index is 0.000000116. The number of aliphatic hydroxyl groups excluding tert-OH is 1. The van der Waals surface area contributed by atoms with Gasteiger partial charge in [0.05, 0.1) is 20.8 Å². The van der Waals surface area contributed by atoms with E-state index < -0.39 is 16.8 Å². The highest BCUT2D eigenvalue weighted by Crippen LogP contribution is 2.57. The lowest BCUT2D eigenvalue weighted by molar-refractivity contribution is 0.159. The summed E-state index contributed by atoms with van der Waals surface area (Å²) in [6, 6.07) is 94.2. The predicted octanol–water partition coefficient (Wildman–Crippen LogP) is 25.8. The van der Waals surface area contributed by atoms with Crippen molar-refractivity contribution in [1.82, 2.24) is 0 Å². The van der Waals surface area contributed by atoms with Gasteiger partial charge in [-0.15, -0.1) is 0 Å². The Morgan fingerprint density at radius 1 is 0.302 bits per heavy atom. The number of ether oxygens (including phenoxy) is 5. The average molecular weight is 1510 g/mol. The normalized spacial score (nSPS) is 16.5. The summed E-state index contributed by atoms with van der Waals surface area (Å²) in [5.74, 6) is 4.66. The zero-order chi connectivity index (χ0) is 79.3. The molecule has 15 aromatic rings. The van der Waals surface area contributed by atoms with E-state index in [4.69, 9.17) is 23.7 Å². The van der Waals surface area contributed by atoms with Crippen molar-refractivity contribution in [1.29, 1.82) is 0 Å². The van der Waals surface area contributed by atoms with Gasteiger partial charge in [0.1, 0.15) is 28.7 Å². The zero-order valence-electron chi connectivity index (χ0n) is 67.7. The van der Waals surface area contributed by atoms with Crippen LogP contribution in [0, 0.1) is 55.4 Å². The van der Waals surface area contributed by atoms with Gasteiger partial charge in [0, 0.05) is 66.8 Å². The Morgan fingerprint density at radius 3 is 1.16 bits per heavy atom. The third-order valence-electron chi connectivity index (χ3n) is 25.5. The maximum absolute atomic E-state index is 9.74. The molecule has 0 amide bonds. The molecule has 2 atom stereocenters. The van der Waals surface area contributed by atoms with Crippen LogP contribution in [0.1, 0.15) is 134 Å². The van der Waals surface area contributed by atoms with Gasteiger partial charge < -0.3 is 28.8 Å². The highest BCUT2D eigenvalue weighted by molar-refractivity contribution is 6.10. The number of rotatable bonds is 9. The maximum atomic E-state index is 9.74. The topological polar surface area (TPSA) is 66.4 Å². The first kappa shape index (κ1) is 73.4. The van der Waals surface area contributed by atoms with Crippen LogP contribution in [-0.2, 0) is 61.9 Å². The predicted molar refractivity (Wildman–Crippen MR) is 477 cm³/mol. The van der Waals surface area contributed by atoms with Crippen molar-refractivity contribution in [3.63, 3.8) is 0 Å². The Bertz CT molecular complexity index is 6520. The van der Waals surface area contributed by atoms with E-state index in [0.29, 0.717) is 0 Å². The first-order chi connectivity index (χ1) is 56.5. The molecule has 0 spiro atoms. The third-order valence-corrected chi connectivity index (χ3v) is 25.5. The van der Waals surface area contributed by atoms with Crippen molar-refractivity contribution in [2.24, 2.45) is 0 Å². The fraction of sp³-hybridized carbons (Fsp3) is 0.182. The van der Waals surface area contributed by atoms with Gasteiger partial charge in [-0.3, -0.25) is 0 Å². The van der Waals surface area contributed by atoms with Crippen LogP contribution >= 0.6 is 0 Å². The van der Waals surface area contributed by atoms with Gasteiger partial charge >= 0.3 is 0 Å². The Kier molecular flexibility index (Phi) is 18.5. The van der Waals surface area contributed by atoms with E-state index in [2.05, 4.69) is 347 Å². The molecule has 0 aromatic heterocycles. The van der Waals surface area contributed by atoms with Crippen molar-refractivity contribution in [3.8, 4) is 62.1 Å². The molecule has 1 N–H and O–H groups in total. The van der Waals surface area contributed by atoms with Gasteiger partial charge in [0.15, 0.2) is 16.8 Å². The number of hydrogen-bond acceptors (Lipinski definition) is 6. The number of fused-ring (bicyclic) bond motifs is 24. The molecule has 3 aliphatic carbocycles. The van der Waals surface area contributed by atoms with Crippen LogP contribution in [0.25, 0.3) is 83.9 Å². The van der Waals surface area contributed by atoms with E-state index in [1.54, 1.807) is 14.2 Å². The van der Waals surface area contributed by atoms with Gasteiger partial charge in [0.25, 0.3) is 0 Å². The van der Waals surface area contributed by atoms with Crippen molar-refractivity contribution in [3.05, 3.63) is 413 Å². The van der Waals surface area contributed by atoms with Gasteiger partial charge in [-0.2, -0.15) is 0 Å². The minimum Gasteiger partial charge on any atom is -0.497 e. The van der Waals surface area contributed by atoms with Crippen LogP contribution in [0.3, 0.4) is 0 Å². The molecule has 0 fully saturated rings. The molecule has 0 radical (unpaired) electrons. The summed E-state index contributed by atoms with van der Waals surface area (Å²) >= 11 is 0. The van der Waals surface area contributed by atoms with Gasteiger partial charge in [-0.1, -0.05) is 270 Å². The number of aliphatic hydroxyl groups is 1. The molecule has 15 aromatic carbocycles. The van der Waals surface area contributed by atoms with Crippen molar-refractivity contribution >= 4 is 50.5 Å². The molecular formula is C110H94O6. The molecule has 6 aliphatic rings. The summed E-state index contributed by atoms with van der Waals surface area (Å²) in [6.07, 6.45) is 19.4. The number of benzene rings is 15. The van der Waals surface area contributed by atoms with E-state index in [0.717, 1.165) is 123 Å². The summed E-state index contributed by atoms with van der Waals surface area (Å²) in [6.45, 7) is 17.2. The largest absolute Gasteiger partial charge is 0.497 e. The van der Waals surface area contributed by atoms with Gasteiger partial charge in [-0.05, 0) is 253 Å². The van der Waals surface area contributed by atoms with Crippen molar-refractivity contribution in [2.45, 2.75) is 117 Å². The highest BCUT2D eigenvalue weighted by atomic mass is 16.5. The van der Waals surface area contributed by atoms with E-state index >= 15 is 0 Å². The second-order valence-corrected chi connectivity index (χ2v) is 32.7. The molecule has 3 aliphatic heterocycles. The SMILES string of the molecule is COc1ccc2c3c(c4c(c2c1)C=CC(c1ccc(C)cc1)(c1ccc(C)c(OC)c1)O4)CCc1ccccc1-3.Cc1ccc(C2(c3ccc(C)c(C)c3)C=Cc3c(c4c(c5ccc(C)cc35)-c3ccccc3CC4)O2)cc1.Cc1ccc(C2(c3ccc(C)cc3)C=Cc3c(c4c(c5ccccc35)-c3ccc(CO)cc3CC4)O2)cc1. The van der Waals surface area contributed by atoms with Gasteiger partial charge in [0.2, 0.25) is 0 Å². The van der Waals surface area contributed by atoms with Gasteiger partial charge in [-0.25, -0.2) is 0 Å². The van der Waals surface area contributed by atoms with Crippen LogP contribution in [0.4, 0.5) is 0 Å². The Labute approximate surface area is 681 Å². The van der Waals surface area contributed by atoms with E-state index in [1.165, 1.54) is 144 Å². The fourth-order valence-corrected chi connectivity index (χ4v) is 19.1. The Hall–Kier alpha value is -12.7. The lowest BCUT2D eigenvalue weighted by Gasteiger charge is -2.39. The Morgan fingerprint density at radius 2 is 0.690 bits per heavy atom. The number of methoxy groups -OCH3 is 2. The second kappa shape index (κ2) is 29.3. The molecular weight excluding hydrogens is 1420 g/mol. The van der Waals surface area contributed by atoms with Crippen LogP contribution in [0.5, 0.6) is 28.7 Å². The molecule has 6 heteroatoms. The molecule has 3 heterocycles. The monoisotopic (exact) mass is 1510 g/mol. The molecule has 21 rings (SSSR count). The molecule has 0 saturated carbocycles. The molecule has 570 valence electrons. The van der Waals surface area contributed by atoms with Crippen LogP contribution < -0.4 is 23.7 Å².